The number of nitrogens with zero attached hydrogens (tertiary/aromatic N) is 1. The summed E-state index contributed by atoms with van der Waals surface area (Å²) in [6, 6.07) is 17.2. The van der Waals surface area contributed by atoms with E-state index in [1.807, 2.05) is 54.6 Å². The second kappa shape index (κ2) is 11.1. The fraction of sp³-hybridized carbons (Fsp3) is 0.462. The zero-order chi connectivity index (χ0) is 22.2. The van der Waals surface area contributed by atoms with Crippen LogP contribution in [0.4, 0.5) is 5.69 Å². The first kappa shape index (κ1) is 22.3. The SMILES string of the molecule is O=C(CN1CCC(NC(=O)C2CCCCC2)CC1)Nc1ccccc1Oc1ccccc1. The first-order valence-corrected chi connectivity index (χ1v) is 11.8. The maximum absolute atomic E-state index is 12.7. The van der Waals surface area contributed by atoms with Crippen LogP contribution in [-0.4, -0.2) is 42.4 Å². The van der Waals surface area contributed by atoms with Gasteiger partial charge in [-0.1, -0.05) is 49.6 Å². The molecule has 2 N–H and O–H groups in total. The highest BCUT2D eigenvalue weighted by Crippen LogP contribution is 2.29. The number of benzene rings is 2. The number of nitrogens with one attached hydrogen (secondary N) is 2. The summed E-state index contributed by atoms with van der Waals surface area (Å²) in [7, 11) is 0. The molecule has 2 aromatic rings. The first-order chi connectivity index (χ1) is 15.7. The highest BCUT2D eigenvalue weighted by molar-refractivity contribution is 5.93. The summed E-state index contributed by atoms with van der Waals surface area (Å²) >= 11 is 0. The highest BCUT2D eigenvalue weighted by Gasteiger charge is 2.26. The fourth-order valence-electron chi connectivity index (χ4n) is 4.59. The van der Waals surface area contributed by atoms with Gasteiger partial charge in [0, 0.05) is 25.0 Å². The lowest BCUT2D eigenvalue weighted by atomic mass is 9.88. The van der Waals surface area contributed by atoms with Crippen molar-refractivity contribution in [3.8, 4) is 11.5 Å². The topological polar surface area (TPSA) is 70.7 Å². The van der Waals surface area contributed by atoms with Gasteiger partial charge >= 0.3 is 0 Å². The van der Waals surface area contributed by atoms with Crippen molar-refractivity contribution in [1.29, 1.82) is 0 Å². The van der Waals surface area contributed by atoms with Crippen LogP contribution in [0, 0.1) is 5.92 Å². The molecule has 0 unspecified atom stereocenters. The van der Waals surface area contributed by atoms with E-state index in [4.69, 9.17) is 4.74 Å². The first-order valence-electron chi connectivity index (χ1n) is 11.8. The Morgan fingerprint density at radius 2 is 1.56 bits per heavy atom. The standard InChI is InChI=1S/C26H33N3O3/c30-25(28-23-13-7-8-14-24(23)32-22-11-5-2-6-12-22)19-29-17-15-21(16-18-29)27-26(31)20-9-3-1-4-10-20/h2,5-8,11-14,20-21H,1,3-4,9-10,15-19H2,(H,27,31)(H,28,30). The Hall–Kier alpha value is -2.86. The van der Waals surface area contributed by atoms with Crippen LogP contribution in [0.15, 0.2) is 54.6 Å². The second-order valence-corrected chi connectivity index (χ2v) is 8.85. The van der Waals surface area contributed by atoms with Crippen LogP contribution in [0.1, 0.15) is 44.9 Å². The van der Waals surface area contributed by atoms with E-state index in [1.54, 1.807) is 0 Å². The molecule has 6 nitrogen and oxygen atoms in total. The van der Waals surface area contributed by atoms with Gasteiger partial charge in [-0.2, -0.15) is 0 Å². The lowest BCUT2D eigenvalue weighted by Gasteiger charge is -2.33. The number of carbonyl (C=O) groups excluding carboxylic acids is 2. The van der Waals surface area contributed by atoms with Crippen molar-refractivity contribution < 1.29 is 14.3 Å². The molecule has 1 saturated carbocycles. The molecule has 2 aromatic carbocycles. The molecule has 2 aliphatic rings. The average Bonchev–Trinajstić information content (AvgIpc) is 2.83. The minimum absolute atomic E-state index is 0.0567. The molecule has 0 spiro atoms. The van der Waals surface area contributed by atoms with Crippen LogP contribution in [0.3, 0.4) is 0 Å². The van der Waals surface area contributed by atoms with Crippen molar-refractivity contribution in [3.05, 3.63) is 54.6 Å². The van der Waals surface area contributed by atoms with Crippen LogP contribution >= 0.6 is 0 Å². The molecule has 1 aliphatic carbocycles. The van der Waals surface area contributed by atoms with E-state index < -0.39 is 0 Å². The van der Waals surface area contributed by atoms with Crippen molar-refractivity contribution in [3.63, 3.8) is 0 Å². The van der Waals surface area contributed by atoms with E-state index in [0.717, 1.165) is 44.5 Å². The quantitative estimate of drug-likeness (QED) is 0.668. The van der Waals surface area contributed by atoms with E-state index in [2.05, 4.69) is 15.5 Å². The molecular weight excluding hydrogens is 402 g/mol. The van der Waals surface area contributed by atoms with Crippen molar-refractivity contribution in [1.82, 2.24) is 10.2 Å². The van der Waals surface area contributed by atoms with Gasteiger partial charge in [-0.25, -0.2) is 0 Å². The van der Waals surface area contributed by atoms with Crippen molar-refractivity contribution >= 4 is 17.5 Å². The fourth-order valence-corrected chi connectivity index (χ4v) is 4.59. The number of hydrogen-bond acceptors (Lipinski definition) is 4. The molecule has 0 radical (unpaired) electrons. The maximum Gasteiger partial charge on any atom is 0.238 e. The van der Waals surface area contributed by atoms with E-state index in [9.17, 15) is 9.59 Å². The second-order valence-electron chi connectivity index (χ2n) is 8.85. The van der Waals surface area contributed by atoms with Crippen LogP contribution in [0.2, 0.25) is 0 Å². The lowest BCUT2D eigenvalue weighted by Crippen LogP contribution is -2.48. The van der Waals surface area contributed by atoms with Crippen molar-refractivity contribution in [2.75, 3.05) is 25.0 Å². The predicted molar refractivity (Wildman–Crippen MR) is 126 cm³/mol. The molecule has 0 aromatic heterocycles. The molecule has 1 saturated heterocycles. The van der Waals surface area contributed by atoms with E-state index >= 15 is 0 Å². The molecular formula is C26H33N3O3. The van der Waals surface area contributed by atoms with Crippen LogP contribution < -0.4 is 15.4 Å². The van der Waals surface area contributed by atoms with Crippen LogP contribution in [0.5, 0.6) is 11.5 Å². The molecule has 32 heavy (non-hydrogen) atoms. The number of piperidine rings is 1. The van der Waals surface area contributed by atoms with E-state index in [-0.39, 0.29) is 23.8 Å². The summed E-state index contributed by atoms with van der Waals surface area (Å²) < 4.78 is 5.93. The molecule has 170 valence electrons. The summed E-state index contributed by atoms with van der Waals surface area (Å²) in [6.45, 7) is 1.96. The Balaban J connectivity index is 1.23. The van der Waals surface area contributed by atoms with Gasteiger partial charge in [0.25, 0.3) is 0 Å². The molecule has 4 rings (SSSR count). The minimum atomic E-state index is -0.0567. The van der Waals surface area contributed by atoms with Crippen LogP contribution in [-0.2, 0) is 9.59 Å². The minimum Gasteiger partial charge on any atom is -0.455 e. The van der Waals surface area contributed by atoms with Gasteiger partial charge in [0.15, 0.2) is 5.75 Å². The summed E-state index contributed by atoms with van der Waals surface area (Å²) in [6.07, 6.45) is 7.43. The van der Waals surface area contributed by atoms with Gasteiger partial charge in [-0.05, 0) is 49.9 Å². The Bertz CT molecular complexity index is 888. The summed E-state index contributed by atoms with van der Waals surface area (Å²) in [5.74, 6) is 1.73. The monoisotopic (exact) mass is 435 g/mol. The summed E-state index contributed by atoms with van der Waals surface area (Å²) in [5, 5.41) is 6.24. The number of likely N-dealkylation sites (tertiary alicyclic amines) is 1. The average molecular weight is 436 g/mol. The third kappa shape index (κ3) is 6.33. The molecule has 0 bridgehead atoms. The number of rotatable bonds is 7. The largest absolute Gasteiger partial charge is 0.455 e. The number of amides is 2. The van der Waals surface area contributed by atoms with Gasteiger partial charge in [0.2, 0.25) is 11.8 Å². The lowest BCUT2D eigenvalue weighted by molar-refractivity contribution is -0.127. The zero-order valence-corrected chi connectivity index (χ0v) is 18.6. The molecule has 0 atom stereocenters. The highest BCUT2D eigenvalue weighted by atomic mass is 16.5. The van der Waals surface area contributed by atoms with E-state index in [1.165, 1.54) is 19.3 Å². The van der Waals surface area contributed by atoms with Gasteiger partial charge in [-0.15, -0.1) is 0 Å². The predicted octanol–water partition coefficient (Wildman–Crippen LogP) is 4.58. The van der Waals surface area contributed by atoms with Gasteiger partial charge < -0.3 is 15.4 Å². The third-order valence-corrected chi connectivity index (χ3v) is 6.41. The number of para-hydroxylation sites is 3. The molecule has 2 fully saturated rings. The van der Waals surface area contributed by atoms with Gasteiger partial charge in [-0.3, -0.25) is 14.5 Å². The van der Waals surface area contributed by atoms with Gasteiger partial charge in [0.1, 0.15) is 5.75 Å². The Morgan fingerprint density at radius 1 is 0.875 bits per heavy atom. The Labute approximate surface area is 190 Å². The summed E-state index contributed by atoms with van der Waals surface area (Å²) in [5.41, 5.74) is 0.663. The molecule has 6 heteroatoms. The number of anilines is 1. The zero-order valence-electron chi connectivity index (χ0n) is 18.6. The smallest absolute Gasteiger partial charge is 0.238 e. The van der Waals surface area contributed by atoms with E-state index in [0.29, 0.717) is 18.0 Å². The third-order valence-electron chi connectivity index (χ3n) is 6.41. The summed E-state index contributed by atoms with van der Waals surface area (Å²) in [4.78, 5) is 27.3. The number of hydrogen-bond donors (Lipinski definition) is 2. The Morgan fingerprint density at radius 3 is 2.31 bits per heavy atom. The molecule has 1 aliphatic heterocycles. The number of carbonyl (C=O) groups is 2. The van der Waals surface area contributed by atoms with Gasteiger partial charge in [0.05, 0.1) is 12.2 Å². The normalized spacial score (nSPS) is 18.1. The number of ether oxygens (including phenoxy) is 1. The van der Waals surface area contributed by atoms with Crippen molar-refractivity contribution in [2.45, 2.75) is 51.0 Å². The molecule has 1 heterocycles. The van der Waals surface area contributed by atoms with Crippen molar-refractivity contribution in [2.24, 2.45) is 5.92 Å². The molecule has 2 amide bonds. The van der Waals surface area contributed by atoms with Crippen LogP contribution in [0.25, 0.3) is 0 Å². The Kier molecular flexibility index (Phi) is 7.77. The maximum atomic E-state index is 12.7.